The van der Waals surface area contributed by atoms with E-state index in [9.17, 15) is 9.59 Å². The summed E-state index contributed by atoms with van der Waals surface area (Å²) < 4.78 is 5.11. The third kappa shape index (κ3) is 3.79. The van der Waals surface area contributed by atoms with Gasteiger partial charge in [-0.05, 0) is 82.2 Å². The van der Waals surface area contributed by atoms with Crippen LogP contribution in [0.15, 0.2) is 18.2 Å². The highest BCUT2D eigenvalue weighted by molar-refractivity contribution is 7.17. The predicted octanol–water partition coefficient (Wildman–Crippen LogP) is 3.80. The summed E-state index contributed by atoms with van der Waals surface area (Å²) in [7, 11) is 1.40. The zero-order chi connectivity index (χ0) is 21.7. The minimum Gasteiger partial charge on any atom is -0.465 e. The third-order valence-corrected chi connectivity index (χ3v) is 7.69. The molecule has 6 heteroatoms. The number of rotatable bonds is 3. The number of hydrogen-bond donors (Lipinski definition) is 2. The first-order chi connectivity index (χ1) is 14.1. The molecule has 1 aromatic heterocycles. The SMILES string of the molecule is COC(=O)c1c(NC(=O)c2ccc3c(c2)CCCC3)sc2c1CC(C)(C)[NH2+]C2(C)C. The number of amides is 1. The molecule has 0 spiro atoms. The predicted molar refractivity (Wildman–Crippen MR) is 119 cm³/mol. The lowest BCUT2D eigenvalue weighted by molar-refractivity contribution is -0.789. The number of fused-ring (bicyclic) bond motifs is 2. The average molecular weight is 428 g/mol. The molecule has 0 saturated carbocycles. The number of methoxy groups -OCH3 is 1. The number of thiophene rings is 1. The molecule has 0 fully saturated rings. The number of ether oxygens (including phenoxy) is 1. The van der Waals surface area contributed by atoms with Crippen molar-refractivity contribution < 1.29 is 19.6 Å². The van der Waals surface area contributed by atoms with Crippen molar-refractivity contribution in [3.63, 3.8) is 0 Å². The minimum absolute atomic E-state index is 0.0416. The first-order valence-corrected chi connectivity index (χ1v) is 11.5. The van der Waals surface area contributed by atoms with Crippen molar-refractivity contribution in [2.24, 2.45) is 0 Å². The van der Waals surface area contributed by atoms with Gasteiger partial charge in [-0.2, -0.15) is 0 Å². The van der Waals surface area contributed by atoms with Crippen molar-refractivity contribution in [3.8, 4) is 0 Å². The molecule has 2 heterocycles. The Kier molecular flexibility index (Phi) is 5.27. The van der Waals surface area contributed by atoms with Crippen LogP contribution in [0.2, 0.25) is 0 Å². The molecule has 0 radical (unpaired) electrons. The third-order valence-electron chi connectivity index (χ3n) is 6.20. The summed E-state index contributed by atoms with van der Waals surface area (Å²) in [5.74, 6) is -0.560. The maximum Gasteiger partial charge on any atom is 0.341 e. The number of nitrogens with one attached hydrogen (secondary N) is 1. The molecule has 1 aromatic carbocycles. The smallest absolute Gasteiger partial charge is 0.341 e. The highest BCUT2D eigenvalue weighted by Gasteiger charge is 2.45. The summed E-state index contributed by atoms with van der Waals surface area (Å²) >= 11 is 1.50. The molecule has 1 aliphatic heterocycles. The van der Waals surface area contributed by atoms with Crippen LogP contribution in [-0.2, 0) is 29.5 Å². The van der Waals surface area contributed by atoms with Crippen LogP contribution in [0.25, 0.3) is 0 Å². The van der Waals surface area contributed by atoms with Crippen LogP contribution in [0, 0.1) is 0 Å². The van der Waals surface area contributed by atoms with E-state index in [-0.39, 0.29) is 23.0 Å². The molecule has 0 atom stereocenters. The molecule has 0 bridgehead atoms. The largest absolute Gasteiger partial charge is 0.465 e. The average Bonchev–Trinajstić information content (AvgIpc) is 3.04. The maximum absolute atomic E-state index is 13.1. The van der Waals surface area contributed by atoms with E-state index >= 15 is 0 Å². The second-order valence-corrected chi connectivity index (χ2v) is 10.8. The summed E-state index contributed by atoms with van der Waals surface area (Å²) in [4.78, 5) is 26.9. The summed E-state index contributed by atoms with van der Waals surface area (Å²) in [5, 5.41) is 5.97. The summed E-state index contributed by atoms with van der Waals surface area (Å²) in [5.41, 5.74) is 4.55. The highest BCUT2D eigenvalue weighted by atomic mass is 32.1. The molecule has 3 N–H and O–H groups in total. The van der Waals surface area contributed by atoms with Crippen LogP contribution in [0.3, 0.4) is 0 Å². The van der Waals surface area contributed by atoms with Crippen LogP contribution >= 0.6 is 11.3 Å². The Morgan fingerprint density at radius 2 is 1.80 bits per heavy atom. The number of carbonyl (C=O) groups is 2. The molecule has 160 valence electrons. The Balaban J connectivity index is 1.72. The monoisotopic (exact) mass is 427 g/mol. The van der Waals surface area contributed by atoms with Gasteiger partial charge in [0.15, 0.2) is 0 Å². The molecule has 4 rings (SSSR count). The molecule has 0 saturated heterocycles. The standard InChI is InChI=1S/C24H30N2O3S/c1-23(2)13-17-18(22(28)29-5)21(30-19(17)24(3,4)26-23)25-20(27)16-11-10-14-8-6-7-9-15(14)12-16/h10-12,26H,6-9,13H2,1-5H3,(H,25,27)/p+1. The molecule has 5 nitrogen and oxygen atoms in total. The lowest BCUT2D eigenvalue weighted by Gasteiger charge is -2.38. The summed E-state index contributed by atoms with van der Waals surface area (Å²) in [6.45, 7) is 8.70. The summed E-state index contributed by atoms with van der Waals surface area (Å²) in [6.07, 6.45) is 5.24. The zero-order valence-corrected chi connectivity index (χ0v) is 19.3. The van der Waals surface area contributed by atoms with E-state index < -0.39 is 0 Å². The molecule has 1 amide bonds. The van der Waals surface area contributed by atoms with Crippen LogP contribution < -0.4 is 10.6 Å². The Bertz CT molecular complexity index is 1020. The normalized spacial score (nSPS) is 18.8. The lowest BCUT2D eigenvalue weighted by Crippen LogP contribution is -3.03. The van der Waals surface area contributed by atoms with Crippen molar-refractivity contribution >= 4 is 28.2 Å². The molecular weight excluding hydrogens is 396 g/mol. The first-order valence-electron chi connectivity index (χ1n) is 10.7. The number of esters is 1. The first kappa shape index (κ1) is 21.1. The fraction of sp³-hybridized carbons (Fsp3) is 0.500. The van der Waals surface area contributed by atoms with Gasteiger partial charge in [0, 0.05) is 12.0 Å². The second-order valence-electron chi connectivity index (χ2n) is 9.78. The van der Waals surface area contributed by atoms with Gasteiger partial charge < -0.3 is 15.4 Å². The van der Waals surface area contributed by atoms with Gasteiger partial charge in [0.05, 0.1) is 23.1 Å². The van der Waals surface area contributed by atoms with Crippen LogP contribution in [0.5, 0.6) is 0 Å². The van der Waals surface area contributed by atoms with Crippen molar-refractivity contribution in [2.45, 2.75) is 70.9 Å². The minimum atomic E-state index is -0.387. The zero-order valence-electron chi connectivity index (χ0n) is 18.5. The highest BCUT2D eigenvalue weighted by Crippen LogP contribution is 2.42. The number of anilines is 1. The van der Waals surface area contributed by atoms with Gasteiger partial charge >= 0.3 is 5.97 Å². The van der Waals surface area contributed by atoms with Gasteiger partial charge in [0.1, 0.15) is 10.5 Å². The van der Waals surface area contributed by atoms with Crippen LogP contribution in [0.1, 0.15) is 82.8 Å². The Morgan fingerprint density at radius 3 is 2.50 bits per heavy atom. The molecule has 2 aliphatic rings. The van der Waals surface area contributed by atoms with E-state index in [1.165, 1.54) is 42.4 Å². The van der Waals surface area contributed by atoms with E-state index in [1.54, 1.807) is 0 Å². The van der Waals surface area contributed by atoms with Crippen molar-refractivity contribution in [1.29, 1.82) is 0 Å². The van der Waals surface area contributed by atoms with E-state index in [1.807, 2.05) is 12.1 Å². The van der Waals surface area contributed by atoms with Gasteiger partial charge in [0.2, 0.25) is 0 Å². The van der Waals surface area contributed by atoms with E-state index in [0.29, 0.717) is 16.1 Å². The summed E-state index contributed by atoms with van der Waals surface area (Å²) in [6, 6.07) is 5.98. The van der Waals surface area contributed by atoms with Gasteiger partial charge in [-0.25, -0.2) is 4.79 Å². The number of benzene rings is 1. The molecule has 1 aliphatic carbocycles. The van der Waals surface area contributed by atoms with E-state index in [0.717, 1.165) is 29.7 Å². The second kappa shape index (κ2) is 7.50. The fourth-order valence-electron chi connectivity index (χ4n) is 5.16. The number of aryl methyl sites for hydroxylation is 2. The van der Waals surface area contributed by atoms with Crippen LogP contribution in [-0.4, -0.2) is 24.5 Å². The number of hydrogen-bond acceptors (Lipinski definition) is 4. The van der Waals surface area contributed by atoms with E-state index in [2.05, 4.69) is 44.4 Å². The number of nitrogens with two attached hydrogens (primary N) is 1. The number of quaternary nitrogens is 1. The molecule has 30 heavy (non-hydrogen) atoms. The maximum atomic E-state index is 13.1. The Hall–Kier alpha value is -2.18. The molecule has 2 aromatic rings. The fourth-order valence-corrected chi connectivity index (χ4v) is 6.44. The van der Waals surface area contributed by atoms with Gasteiger partial charge in [-0.1, -0.05) is 6.07 Å². The van der Waals surface area contributed by atoms with Gasteiger partial charge in [-0.15, -0.1) is 11.3 Å². The molecule has 0 unspecified atom stereocenters. The molecular formula is C24H31N2O3S+. The van der Waals surface area contributed by atoms with Gasteiger partial charge in [0.25, 0.3) is 5.91 Å². The topological polar surface area (TPSA) is 72.0 Å². The van der Waals surface area contributed by atoms with Crippen molar-refractivity contribution in [3.05, 3.63) is 50.9 Å². The van der Waals surface area contributed by atoms with Gasteiger partial charge in [-0.3, -0.25) is 4.79 Å². The van der Waals surface area contributed by atoms with E-state index in [4.69, 9.17) is 4.74 Å². The quantitative estimate of drug-likeness (QED) is 0.732. The van der Waals surface area contributed by atoms with Crippen LogP contribution in [0.4, 0.5) is 5.00 Å². The van der Waals surface area contributed by atoms with Crippen molar-refractivity contribution in [2.75, 3.05) is 12.4 Å². The van der Waals surface area contributed by atoms with Crippen molar-refractivity contribution in [1.82, 2.24) is 0 Å². The lowest BCUT2D eigenvalue weighted by atomic mass is 9.81. The Morgan fingerprint density at radius 1 is 1.10 bits per heavy atom. The number of carbonyl (C=O) groups excluding carboxylic acids is 2. The Labute approximate surface area is 182 Å².